The third kappa shape index (κ3) is 7.49. The normalized spacial score (nSPS) is 34.1. The second-order valence-electron chi connectivity index (χ2n) is 11.3. The molecule has 0 aromatic carbocycles. The summed E-state index contributed by atoms with van der Waals surface area (Å²) >= 11 is 1.90. The van der Waals surface area contributed by atoms with Crippen molar-refractivity contribution in [3.63, 3.8) is 0 Å². The van der Waals surface area contributed by atoms with Gasteiger partial charge in [0, 0.05) is 30.5 Å². The van der Waals surface area contributed by atoms with Gasteiger partial charge in [0.15, 0.2) is 5.79 Å². The molecule has 3 saturated heterocycles. The molecular formula is C25H42N4O6S. The first kappa shape index (κ1) is 27.5. The van der Waals surface area contributed by atoms with Gasteiger partial charge in [0.05, 0.1) is 30.9 Å². The fourth-order valence-corrected chi connectivity index (χ4v) is 7.32. The molecule has 204 valence electrons. The van der Waals surface area contributed by atoms with Crippen LogP contribution in [0, 0.1) is 5.41 Å². The number of ether oxygens (including phenoxy) is 3. The van der Waals surface area contributed by atoms with Crippen LogP contribution in [-0.2, 0) is 23.8 Å². The van der Waals surface area contributed by atoms with Gasteiger partial charge in [0.25, 0.3) is 0 Å². The number of rotatable bonds is 13. The Labute approximate surface area is 218 Å². The van der Waals surface area contributed by atoms with E-state index >= 15 is 0 Å². The number of urea groups is 1. The average molecular weight is 527 g/mol. The summed E-state index contributed by atoms with van der Waals surface area (Å²) in [7, 11) is 0. The number of hydrogen-bond donors (Lipinski definition) is 4. The highest BCUT2D eigenvalue weighted by Gasteiger charge is 2.52. The molecule has 4 fully saturated rings. The van der Waals surface area contributed by atoms with Crippen LogP contribution in [0.2, 0.25) is 0 Å². The van der Waals surface area contributed by atoms with Crippen molar-refractivity contribution in [1.82, 2.24) is 21.3 Å². The van der Waals surface area contributed by atoms with Crippen LogP contribution in [0.3, 0.4) is 0 Å². The molecule has 2 unspecified atom stereocenters. The number of hydrogen-bond acceptors (Lipinski definition) is 7. The summed E-state index contributed by atoms with van der Waals surface area (Å²) in [6, 6.07) is 0.407. The molecular weight excluding hydrogens is 484 g/mol. The lowest BCUT2D eigenvalue weighted by atomic mass is 9.89. The van der Waals surface area contributed by atoms with E-state index < -0.39 is 5.79 Å². The van der Waals surface area contributed by atoms with Crippen LogP contribution in [0.25, 0.3) is 0 Å². The van der Waals surface area contributed by atoms with Gasteiger partial charge in [-0.05, 0) is 51.4 Å². The molecule has 1 saturated carbocycles. The molecule has 4 rings (SSSR count). The molecule has 0 radical (unpaired) electrons. The van der Waals surface area contributed by atoms with Crippen LogP contribution in [0.1, 0.15) is 65.7 Å². The Morgan fingerprint density at radius 3 is 2.44 bits per heavy atom. The molecule has 0 aromatic rings. The molecule has 5 atom stereocenters. The monoisotopic (exact) mass is 526 g/mol. The van der Waals surface area contributed by atoms with E-state index in [4.69, 9.17) is 14.2 Å². The first-order valence-electron chi connectivity index (χ1n) is 13.3. The summed E-state index contributed by atoms with van der Waals surface area (Å²) in [6.45, 7) is 7.61. The highest BCUT2D eigenvalue weighted by Crippen LogP contribution is 2.47. The van der Waals surface area contributed by atoms with E-state index in [0.29, 0.717) is 37.8 Å². The summed E-state index contributed by atoms with van der Waals surface area (Å²) in [5.41, 5.74) is -0.0433. The second kappa shape index (κ2) is 11.9. The number of unbranched alkanes of at least 4 members (excludes halogenated alkanes) is 1. The van der Waals surface area contributed by atoms with E-state index in [1.807, 2.05) is 25.6 Å². The number of carbonyl (C=O) groups excluding carboxylic acids is 3. The zero-order valence-corrected chi connectivity index (χ0v) is 22.5. The first-order chi connectivity index (χ1) is 17.1. The van der Waals surface area contributed by atoms with Crippen molar-refractivity contribution in [2.45, 2.75) is 101 Å². The Hall–Kier alpha value is -1.56. The van der Waals surface area contributed by atoms with Crippen LogP contribution in [0.15, 0.2) is 0 Å². The lowest BCUT2D eigenvalue weighted by Gasteiger charge is -2.27. The lowest BCUT2D eigenvalue weighted by molar-refractivity contribution is -0.160. The Kier molecular flexibility index (Phi) is 9.06. The quantitative estimate of drug-likeness (QED) is 0.212. The van der Waals surface area contributed by atoms with Crippen molar-refractivity contribution < 1.29 is 28.6 Å². The SMILES string of the molecule is CC1(COCC(=O)NCCCNC(=O)CCCC[C@@H]2SC[C@@H]3NC(=O)N[C@@H]32)CC2OC(C)(C)OC2C1. The molecule has 1 aliphatic carbocycles. The van der Waals surface area contributed by atoms with Crippen molar-refractivity contribution >= 4 is 29.6 Å². The van der Waals surface area contributed by atoms with Gasteiger partial charge in [-0.1, -0.05) is 13.3 Å². The Morgan fingerprint density at radius 1 is 1.03 bits per heavy atom. The third-order valence-electron chi connectivity index (χ3n) is 7.44. The van der Waals surface area contributed by atoms with Gasteiger partial charge in [0.2, 0.25) is 11.8 Å². The highest BCUT2D eigenvalue weighted by molar-refractivity contribution is 8.00. The summed E-state index contributed by atoms with van der Waals surface area (Å²) < 4.78 is 17.6. The Morgan fingerprint density at radius 2 is 1.72 bits per heavy atom. The summed E-state index contributed by atoms with van der Waals surface area (Å²) in [4.78, 5) is 35.6. The molecule has 0 aromatic heterocycles. The van der Waals surface area contributed by atoms with Crippen molar-refractivity contribution in [2.24, 2.45) is 5.41 Å². The minimum atomic E-state index is -0.510. The van der Waals surface area contributed by atoms with Crippen LogP contribution in [-0.4, -0.2) is 85.2 Å². The van der Waals surface area contributed by atoms with Gasteiger partial charge >= 0.3 is 6.03 Å². The molecule has 0 spiro atoms. The number of carbonyl (C=O) groups is 3. The van der Waals surface area contributed by atoms with Gasteiger partial charge in [0.1, 0.15) is 6.61 Å². The third-order valence-corrected chi connectivity index (χ3v) is 8.94. The molecule has 10 nitrogen and oxygen atoms in total. The molecule has 3 heterocycles. The van der Waals surface area contributed by atoms with Crippen LogP contribution in [0.4, 0.5) is 4.79 Å². The Bertz CT molecular complexity index is 795. The lowest BCUT2D eigenvalue weighted by Crippen LogP contribution is -2.36. The van der Waals surface area contributed by atoms with Gasteiger partial charge in [-0.3, -0.25) is 9.59 Å². The minimum absolute atomic E-state index is 0.0329. The smallest absolute Gasteiger partial charge is 0.315 e. The first-order valence-corrected chi connectivity index (χ1v) is 14.3. The minimum Gasteiger partial charge on any atom is -0.371 e. The number of thioether (sulfide) groups is 1. The van der Waals surface area contributed by atoms with Gasteiger partial charge in [-0.2, -0.15) is 11.8 Å². The zero-order chi connectivity index (χ0) is 25.8. The van der Waals surface area contributed by atoms with E-state index in [1.54, 1.807) is 0 Å². The van der Waals surface area contributed by atoms with Crippen molar-refractivity contribution in [3.05, 3.63) is 0 Å². The summed E-state index contributed by atoms with van der Waals surface area (Å²) in [6.07, 6.45) is 5.95. The van der Waals surface area contributed by atoms with Crippen LogP contribution < -0.4 is 21.3 Å². The molecule has 11 heteroatoms. The molecule has 3 aliphatic heterocycles. The van der Waals surface area contributed by atoms with Gasteiger partial charge < -0.3 is 35.5 Å². The standard InChI is InChI=1S/C25H42N4O6S/c1-24(2)34-17-11-25(3,12-18(17)35-24)15-33-13-21(31)27-10-6-9-26-20(30)8-5-4-7-19-22-16(14-36-19)28-23(32)29-22/h16-19,22H,4-15H2,1-3H3,(H,26,30)(H,27,31)(H2,28,29,32)/t16-,17?,18?,19-,22-,25?/m0/s1. The molecule has 4 amide bonds. The molecule has 4 aliphatic rings. The maximum atomic E-state index is 12.1. The van der Waals surface area contributed by atoms with Crippen LogP contribution in [0.5, 0.6) is 0 Å². The van der Waals surface area contributed by atoms with Gasteiger partial charge in [-0.25, -0.2) is 4.79 Å². The van der Waals surface area contributed by atoms with Crippen molar-refractivity contribution in [2.75, 3.05) is 32.1 Å². The van der Waals surface area contributed by atoms with Crippen molar-refractivity contribution in [1.29, 1.82) is 0 Å². The largest absolute Gasteiger partial charge is 0.371 e. The summed E-state index contributed by atoms with van der Waals surface area (Å²) in [5.74, 6) is 0.353. The molecule has 4 N–H and O–H groups in total. The number of fused-ring (bicyclic) bond motifs is 2. The topological polar surface area (TPSA) is 127 Å². The number of nitrogens with one attached hydrogen (secondary N) is 4. The van der Waals surface area contributed by atoms with Crippen LogP contribution >= 0.6 is 11.8 Å². The molecule has 0 bridgehead atoms. The fourth-order valence-electron chi connectivity index (χ4n) is 5.78. The highest BCUT2D eigenvalue weighted by atomic mass is 32.2. The van der Waals surface area contributed by atoms with Gasteiger partial charge in [-0.15, -0.1) is 0 Å². The average Bonchev–Trinajstić information content (AvgIpc) is 3.48. The maximum absolute atomic E-state index is 12.1. The second-order valence-corrected chi connectivity index (χ2v) is 12.6. The summed E-state index contributed by atoms with van der Waals surface area (Å²) in [5, 5.41) is 12.2. The van der Waals surface area contributed by atoms with E-state index in [-0.39, 0.29) is 54.2 Å². The maximum Gasteiger partial charge on any atom is 0.315 e. The Balaban J connectivity index is 0.964. The van der Waals surface area contributed by atoms with E-state index in [9.17, 15) is 14.4 Å². The van der Waals surface area contributed by atoms with Crippen molar-refractivity contribution in [3.8, 4) is 0 Å². The molecule has 36 heavy (non-hydrogen) atoms. The predicted octanol–water partition coefficient (Wildman–Crippen LogP) is 1.67. The fraction of sp³-hybridized carbons (Fsp3) is 0.880. The zero-order valence-electron chi connectivity index (χ0n) is 21.7. The van der Waals surface area contributed by atoms with E-state index in [2.05, 4.69) is 28.2 Å². The predicted molar refractivity (Wildman–Crippen MR) is 137 cm³/mol. The number of amides is 4. The van der Waals surface area contributed by atoms with E-state index in [1.165, 1.54) is 0 Å². The van der Waals surface area contributed by atoms with E-state index in [0.717, 1.165) is 37.9 Å².